The van der Waals surface area contributed by atoms with E-state index in [1.807, 2.05) is 12.1 Å². The summed E-state index contributed by atoms with van der Waals surface area (Å²) in [5, 5.41) is 4.77. The first-order valence-corrected chi connectivity index (χ1v) is 4.54. The highest BCUT2D eigenvalue weighted by atomic mass is 35.5. The lowest BCUT2D eigenvalue weighted by atomic mass is 10.3. The molecular formula is C9H9ClN4. The Balaban J connectivity index is 2.44. The van der Waals surface area contributed by atoms with E-state index in [2.05, 4.69) is 10.1 Å². The van der Waals surface area contributed by atoms with E-state index in [0.717, 1.165) is 11.5 Å². The highest BCUT2D eigenvalue weighted by molar-refractivity contribution is 6.30. The maximum Gasteiger partial charge on any atom is 0.145 e. The van der Waals surface area contributed by atoms with Gasteiger partial charge >= 0.3 is 0 Å². The van der Waals surface area contributed by atoms with Gasteiger partial charge in [-0.15, -0.1) is 0 Å². The van der Waals surface area contributed by atoms with Crippen LogP contribution in [0.25, 0.3) is 5.69 Å². The van der Waals surface area contributed by atoms with Crippen molar-refractivity contribution in [3.05, 3.63) is 41.4 Å². The largest absolute Gasteiger partial charge is 0.324 e. The molecule has 0 aliphatic heterocycles. The summed E-state index contributed by atoms with van der Waals surface area (Å²) in [7, 11) is 0. The molecule has 0 radical (unpaired) electrons. The molecule has 0 saturated carbocycles. The second-order valence-corrected chi connectivity index (χ2v) is 3.21. The molecule has 4 nitrogen and oxygen atoms in total. The molecule has 0 aliphatic rings. The highest BCUT2D eigenvalue weighted by Gasteiger charge is 2.03. The van der Waals surface area contributed by atoms with Crippen LogP contribution < -0.4 is 5.73 Å². The lowest BCUT2D eigenvalue weighted by Gasteiger charge is -2.03. The quantitative estimate of drug-likeness (QED) is 0.811. The average molecular weight is 209 g/mol. The Morgan fingerprint density at radius 1 is 1.29 bits per heavy atom. The van der Waals surface area contributed by atoms with Crippen LogP contribution in [0.2, 0.25) is 5.02 Å². The van der Waals surface area contributed by atoms with Crippen molar-refractivity contribution in [2.24, 2.45) is 5.73 Å². The molecule has 0 aliphatic carbocycles. The highest BCUT2D eigenvalue weighted by Crippen LogP contribution is 2.13. The van der Waals surface area contributed by atoms with Crippen LogP contribution in [0, 0.1) is 0 Å². The third kappa shape index (κ3) is 1.62. The molecule has 0 saturated heterocycles. The van der Waals surface area contributed by atoms with Gasteiger partial charge in [-0.3, -0.25) is 0 Å². The molecule has 72 valence electrons. The number of hydrogen-bond donors (Lipinski definition) is 1. The molecule has 0 atom stereocenters. The molecule has 14 heavy (non-hydrogen) atoms. The molecular weight excluding hydrogens is 200 g/mol. The molecule has 2 N–H and O–H groups in total. The standard InChI is InChI=1S/C9H9ClN4/c10-7-1-3-8(4-2-7)14-9(5-11)12-6-13-14/h1-4,6H,5,11H2. The van der Waals surface area contributed by atoms with Crippen LogP contribution in [0.1, 0.15) is 5.82 Å². The Hall–Kier alpha value is -1.39. The first-order valence-electron chi connectivity index (χ1n) is 4.16. The molecule has 0 unspecified atom stereocenters. The fourth-order valence-electron chi connectivity index (χ4n) is 1.20. The van der Waals surface area contributed by atoms with Crippen molar-refractivity contribution in [1.29, 1.82) is 0 Å². The van der Waals surface area contributed by atoms with Gasteiger partial charge in [0, 0.05) is 5.02 Å². The van der Waals surface area contributed by atoms with Crippen molar-refractivity contribution in [2.75, 3.05) is 0 Å². The molecule has 0 fully saturated rings. The van der Waals surface area contributed by atoms with Crippen molar-refractivity contribution in [3.63, 3.8) is 0 Å². The van der Waals surface area contributed by atoms with Crippen molar-refractivity contribution in [2.45, 2.75) is 6.54 Å². The zero-order valence-electron chi connectivity index (χ0n) is 7.39. The van der Waals surface area contributed by atoms with Crippen LogP contribution in [-0.2, 0) is 6.54 Å². The van der Waals surface area contributed by atoms with Gasteiger partial charge in [0.25, 0.3) is 0 Å². The number of benzene rings is 1. The molecule has 0 bridgehead atoms. The summed E-state index contributed by atoms with van der Waals surface area (Å²) in [6, 6.07) is 7.35. The third-order valence-electron chi connectivity index (χ3n) is 1.87. The number of rotatable bonds is 2. The molecule has 2 rings (SSSR count). The third-order valence-corrected chi connectivity index (χ3v) is 2.12. The van der Waals surface area contributed by atoms with Gasteiger partial charge in [0.15, 0.2) is 0 Å². The smallest absolute Gasteiger partial charge is 0.145 e. The molecule has 0 amide bonds. The van der Waals surface area contributed by atoms with Gasteiger partial charge in [-0.1, -0.05) is 11.6 Å². The van der Waals surface area contributed by atoms with Gasteiger partial charge in [0.05, 0.1) is 12.2 Å². The van der Waals surface area contributed by atoms with E-state index in [9.17, 15) is 0 Å². The summed E-state index contributed by atoms with van der Waals surface area (Å²) in [5.74, 6) is 0.729. The van der Waals surface area contributed by atoms with E-state index in [-0.39, 0.29) is 0 Å². The predicted molar refractivity (Wildman–Crippen MR) is 54.3 cm³/mol. The zero-order valence-corrected chi connectivity index (χ0v) is 8.15. The van der Waals surface area contributed by atoms with Gasteiger partial charge in [-0.25, -0.2) is 9.67 Å². The SMILES string of the molecule is NCc1ncnn1-c1ccc(Cl)cc1. The summed E-state index contributed by atoms with van der Waals surface area (Å²) >= 11 is 5.78. The van der Waals surface area contributed by atoms with E-state index in [1.165, 1.54) is 6.33 Å². The fraction of sp³-hybridized carbons (Fsp3) is 0.111. The lowest BCUT2D eigenvalue weighted by Crippen LogP contribution is -2.07. The minimum absolute atomic E-state index is 0.364. The first kappa shape index (κ1) is 9.18. The van der Waals surface area contributed by atoms with E-state index in [0.29, 0.717) is 11.6 Å². The van der Waals surface area contributed by atoms with Gasteiger partial charge in [-0.05, 0) is 24.3 Å². The Bertz CT molecular complexity index is 421. The van der Waals surface area contributed by atoms with Crippen molar-refractivity contribution < 1.29 is 0 Å². The average Bonchev–Trinajstić information content (AvgIpc) is 2.67. The summed E-state index contributed by atoms with van der Waals surface area (Å²) < 4.78 is 1.69. The van der Waals surface area contributed by atoms with Crippen molar-refractivity contribution in [3.8, 4) is 5.69 Å². The van der Waals surface area contributed by atoms with Crippen LogP contribution in [-0.4, -0.2) is 14.8 Å². The van der Waals surface area contributed by atoms with E-state index in [4.69, 9.17) is 17.3 Å². The van der Waals surface area contributed by atoms with Crippen molar-refractivity contribution in [1.82, 2.24) is 14.8 Å². The van der Waals surface area contributed by atoms with Gasteiger partial charge < -0.3 is 5.73 Å². The number of halogens is 1. The molecule has 1 aromatic carbocycles. The summed E-state index contributed by atoms with van der Waals surface area (Å²) in [6.45, 7) is 0.364. The Morgan fingerprint density at radius 2 is 2.00 bits per heavy atom. The van der Waals surface area contributed by atoms with Crippen LogP contribution in [0.4, 0.5) is 0 Å². The Kier molecular flexibility index (Phi) is 2.47. The van der Waals surface area contributed by atoms with Crippen molar-refractivity contribution >= 4 is 11.6 Å². The minimum Gasteiger partial charge on any atom is -0.324 e. The number of nitrogens with zero attached hydrogens (tertiary/aromatic N) is 3. The van der Waals surface area contributed by atoms with E-state index >= 15 is 0 Å². The van der Waals surface area contributed by atoms with Crippen LogP contribution in [0.3, 0.4) is 0 Å². The fourth-order valence-corrected chi connectivity index (χ4v) is 1.33. The summed E-state index contributed by atoms with van der Waals surface area (Å²) in [6.07, 6.45) is 1.48. The van der Waals surface area contributed by atoms with Gasteiger partial charge in [0.2, 0.25) is 0 Å². The van der Waals surface area contributed by atoms with Gasteiger partial charge in [-0.2, -0.15) is 5.10 Å². The topological polar surface area (TPSA) is 56.7 Å². The molecule has 0 spiro atoms. The van der Waals surface area contributed by atoms with Crippen LogP contribution in [0.5, 0.6) is 0 Å². The monoisotopic (exact) mass is 208 g/mol. The lowest BCUT2D eigenvalue weighted by molar-refractivity contribution is 0.790. The zero-order chi connectivity index (χ0) is 9.97. The maximum absolute atomic E-state index is 5.78. The molecule has 2 aromatic rings. The number of nitrogens with two attached hydrogens (primary N) is 1. The van der Waals surface area contributed by atoms with Crippen LogP contribution >= 0.6 is 11.6 Å². The number of aromatic nitrogens is 3. The van der Waals surface area contributed by atoms with Gasteiger partial charge in [0.1, 0.15) is 12.2 Å². The second kappa shape index (κ2) is 3.77. The van der Waals surface area contributed by atoms with Crippen LogP contribution in [0.15, 0.2) is 30.6 Å². The Morgan fingerprint density at radius 3 is 2.64 bits per heavy atom. The normalized spacial score (nSPS) is 10.4. The second-order valence-electron chi connectivity index (χ2n) is 2.77. The first-order chi connectivity index (χ1) is 6.81. The number of hydrogen-bond acceptors (Lipinski definition) is 3. The molecule has 5 heteroatoms. The molecule has 1 aromatic heterocycles. The van der Waals surface area contributed by atoms with E-state index in [1.54, 1.807) is 16.8 Å². The predicted octanol–water partition coefficient (Wildman–Crippen LogP) is 1.38. The van der Waals surface area contributed by atoms with E-state index < -0.39 is 0 Å². The molecule has 1 heterocycles. The Labute approximate surface area is 86.3 Å². The minimum atomic E-state index is 0.364. The summed E-state index contributed by atoms with van der Waals surface area (Å²) in [5.41, 5.74) is 6.42. The maximum atomic E-state index is 5.78. The summed E-state index contributed by atoms with van der Waals surface area (Å²) in [4.78, 5) is 4.03.